The van der Waals surface area contributed by atoms with Crippen LogP contribution in [0.25, 0.3) is 0 Å². The second-order valence-corrected chi connectivity index (χ2v) is 10.5. The number of aliphatic imine (C=N–C) groups is 1. The van der Waals surface area contributed by atoms with Gasteiger partial charge < -0.3 is 4.90 Å². The van der Waals surface area contributed by atoms with E-state index < -0.39 is 39.5 Å². The molecule has 1 saturated heterocycles. The summed E-state index contributed by atoms with van der Waals surface area (Å²) in [4.78, 5) is 5.90. The van der Waals surface area contributed by atoms with Crippen molar-refractivity contribution in [1.82, 2.24) is 0 Å². The summed E-state index contributed by atoms with van der Waals surface area (Å²) >= 11 is 7.35. The molecule has 2 atom stereocenters. The zero-order valence-corrected chi connectivity index (χ0v) is 17.6. The summed E-state index contributed by atoms with van der Waals surface area (Å²) in [7, 11) is -3.38. The van der Waals surface area contributed by atoms with E-state index in [1.165, 1.54) is 11.0 Å². The van der Waals surface area contributed by atoms with E-state index in [4.69, 9.17) is 11.6 Å². The predicted molar refractivity (Wildman–Crippen MR) is 110 cm³/mol. The van der Waals surface area contributed by atoms with Crippen molar-refractivity contribution >= 4 is 44.1 Å². The molecule has 0 N–H and O–H groups in total. The molecule has 2 aliphatic rings. The van der Waals surface area contributed by atoms with Crippen LogP contribution in [0.5, 0.6) is 0 Å². The Morgan fingerprint density at radius 2 is 1.90 bits per heavy atom. The van der Waals surface area contributed by atoms with E-state index in [1.807, 2.05) is 0 Å². The van der Waals surface area contributed by atoms with E-state index in [0.717, 1.165) is 30.0 Å². The van der Waals surface area contributed by atoms with Crippen LogP contribution in [0.15, 0.2) is 47.5 Å². The highest BCUT2D eigenvalue weighted by molar-refractivity contribution is 8.13. The lowest BCUT2D eigenvalue weighted by atomic mass is 10.1. The number of thioether (sulfide) groups is 1. The molecule has 4 rings (SSSR count). The third kappa shape index (κ3) is 4.17. The van der Waals surface area contributed by atoms with Gasteiger partial charge in [0.1, 0.15) is 5.82 Å². The van der Waals surface area contributed by atoms with Crippen molar-refractivity contribution in [3.05, 3.63) is 64.4 Å². The van der Waals surface area contributed by atoms with Crippen LogP contribution in [-0.2, 0) is 21.8 Å². The molecule has 0 unspecified atom stereocenters. The second-order valence-electron chi connectivity index (χ2n) is 7.04. The molecule has 30 heavy (non-hydrogen) atoms. The Morgan fingerprint density at radius 3 is 2.60 bits per heavy atom. The zero-order chi connectivity index (χ0) is 21.7. The van der Waals surface area contributed by atoms with Crippen molar-refractivity contribution in [2.75, 3.05) is 16.4 Å². The molecule has 0 bridgehead atoms. The van der Waals surface area contributed by atoms with Crippen molar-refractivity contribution < 1.29 is 26.0 Å². The monoisotopic (exact) mass is 478 g/mol. The van der Waals surface area contributed by atoms with E-state index >= 15 is 0 Å². The van der Waals surface area contributed by atoms with Crippen molar-refractivity contribution in [2.24, 2.45) is 4.99 Å². The first-order valence-electron chi connectivity index (χ1n) is 8.85. The Bertz CT molecular complexity index is 1120. The highest BCUT2D eigenvalue weighted by atomic mass is 35.5. The maximum absolute atomic E-state index is 14.0. The molecular weight excluding hydrogens is 464 g/mol. The van der Waals surface area contributed by atoms with Gasteiger partial charge >= 0.3 is 6.18 Å². The Kier molecular flexibility index (Phi) is 5.52. The van der Waals surface area contributed by atoms with Crippen LogP contribution < -0.4 is 4.90 Å². The number of fused-ring (bicyclic) bond motifs is 1. The van der Waals surface area contributed by atoms with Gasteiger partial charge in [-0.15, -0.1) is 0 Å². The molecule has 2 aromatic carbocycles. The van der Waals surface area contributed by atoms with Gasteiger partial charge in [-0.3, -0.25) is 4.99 Å². The molecule has 2 aliphatic heterocycles. The molecule has 2 heterocycles. The van der Waals surface area contributed by atoms with Crippen LogP contribution in [0.3, 0.4) is 0 Å². The average Bonchev–Trinajstić information content (AvgIpc) is 3.11. The summed E-state index contributed by atoms with van der Waals surface area (Å²) in [5.74, 6) is -0.647. The van der Waals surface area contributed by atoms with Gasteiger partial charge in [-0.05, 0) is 29.8 Å². The second kappa shape index (κ2) is 7.72. The van der Waals surface area contributed by atoms with Crippen molar-refractivity contribution in [1.29, 1.82) is 0 Å². The summed E-state index contributed by atoms with van der Waals surface area (Å²) in [5.41, 5.74) is -0.453. The SMILES string of the molecule is O=S1(=O)C[C@@H]2[C@@H](C1)N=C(SCc1ccccc1F)N2c1cc(C(F)(F)F)ccc1Cl. The molecule has 0 amide bonds. The van der Waals surface area contributed by atoms with E-state index in [2.05, 4.69) is 4.99 Å². The normalized spacial score (nSPS) is 22.8. The summed E-state index contributed by atoms with van der Waals surface area (Å²) in [6.45, 7) is 0. The van der Waals surface area contributed by atoms with Gasteiger partial charge in [-0.2, -0.15) is 13.2 Å². The number of hydrogen-bond donors (Lipinski definition) is 0. The first-order valence-corrected chi connectivity index (χ1v) is 12.0. The van der Waals surface area contributed by atoms with Crippen LogP contribution >= 0.6 is 23.4 Å². The van der Waals surface area contributed by atoms with E-state index in [0.29, 0.717) is 10.7 Å². The summed E-state index contributed by atoms with van der Waals surface area (Å²) in [6.07, 6.45) is -4.59. The van der Waals surface area contributed by atoms with Crippen molar-refractivity contribution in [3.63, 3.8) is 0 Å². The summed E-state index contributed by atoms with van der Waals surface area (Å²) in [6, 6.07) is 7.79. The lowest BCUT2D eigenvalue weighted by Gasteiger charge is -2.28. The van der Waals surface area contributed by atoms with Crippen LogP contribution in [0.1, 0.15) is 11.1 Å². The molecule has 4 nitrogen and oxygen atoms in total. The van der Waals surface area contributed by atoms with Gasteiger partial charge in [0.15, 0.2) is 15.0 Å². The van der Waals surface area contributed by atoms with Gasteiger partial charge in [0.25, 0.3) is 0 Å². The number of halogens is 5. The molecular formula is C19H15ClF4N2O2S2. The van der Waals surface area contributed by atoms with Gasteiger partial charge in [0, 0.05) is 5.75 Å². The van der Waals surface area contributed by atoms with E-state index in [9.17, 15) is 26.0 Å². The zero-order valence-electron chi connectivity index (χ0n) is 15.2. The lowest BCUT2D eigenvalue weighted by Crippen LogP contribution is -2.39. The summed E-state index contributed by atoms with van der Waals surface area (Å²) in [5, 5.41) is 0.372. The largest absolute Gasteiger partial charge is 0.416 e. The molecule has 160 valence electrons. The predicted octanol–water partition coefficient (Wildman–Crippen LogP) is 4.77. The van der Waals surface area contributed by atoms with Gasteiger partial charge in [-0.25, -0.2) is 12.8 Å². The number of sulfone groups is 1. The number of alkyl halides is 3. The third-order valence-corrected chi connectivity index (χ3v) is 7.99. The third-order valence-electron chi connectivity index (χ3n) is 4.96. The standard InChI is InChI=1S/C19H15ClF4N2O2S2/c20-13-6-5-12(19(22,23)24)7-16(13)26-17-10-30(27,28)9-15(17)25-18(26)29-8-11-3-1-2-4-14(11)21/h1-7,15,17H,8-10H2/t15-,17-/m1/s1. The fourth-order valence-corrected chi connectivity index (χ4v) is 6.70. The number of amidine groups is 1. The number of anilines is 1. The number of rotatable bonds is 3. The molecule has 11 heteroatoms. The quantitative estimate of drug-likeness (QED) is 0.596. The van der Waals surface area contributed by atoms with Crippen LogP contribution in [-0.4, -0.2) is 37.2 Å². The van der Waals surface area contributed by atoms with Crippen molar-refractivity contribution in [2.45, 2.75) is 24.0 Å². The van der Waals surface area contributed by atoms with Gasteiger partial charge in [0.2, 0.25) is 0 Å². The Hall–Kier alpha value is -1.78. The lowest BCUT2D eigenvalue weighted by molar-refractivity contribution is -0.137. The number of nitrogens with zero attached hydrogens (tertiary/aromatic N) is 2. The topological polar surface area (TPSA) is 49.7 Å². The smallest absolute Gasteiger partial charge is 0.313 e. The first-order chi connectivity index (χ1) is 14.0. The maximum Gasteiger partial charge on any atom is 0.416 e. The Morgan fingerprint density at radius 1 is 1.17 bits per heavy atom. The van der Waals surface area contributed by atoms with Gasteiger partial charge in [-0.1, -0.05) is 41.6 Å². The molecule has 0 radical (unpaired) electrons. The average molecular weight is 479 g/mol. The summed E-state index contributed by atoms with van der Waals surface area (Å²) < 4.78 is 77.9. The molecule has 2 aromatic rings. The highest BCUT2D eigenvalue weighted by Gasteiger charge is 2.48. The Balaban J connectivity index is 1.71. The minimum atomic E-state index is -4.59. The van der Waals surface area contributed by atoms with Gasteiger partial charge in [0.05, 0.1) is 39.9 Å². The minimum absolute atomic E-state index is 0.0378. The molecule has 1 fully saturated rings. The van der Waals surface area contributed by atoms with Crippen LogP contribution in [0.2, 0.25) is 5.02 Å². The molecule has 0 aromatic heterocycles. The molecule has 0 spiro atoms. The number of benzene rings is 2. The first kappa shape index (κ1) is 21.5. The van der Waals surface area contributed by atoms with E-state index in [1.54, 1.807) is 18.2 Å². The molecule has 0 aliphatic carbocycles. The fourth-order valence-electron chi connectivity index (χ4n) is 3.55. The maximum atomic E-state index is 14.0. The van der Waals surface area contributed by atoms with E-state index in [-0.39, 0.29) is 28.0 Å². The van der Waals surface area contributed by atoms with Crippen LogP contribution in [0.4, 0.5) is 23.2 Å². The minimum Gasteiger partial charge on any atom is -0.313 e. The number of hydrogen-bond acceptors (Lipinski definition) is 5. The van der Waals surface area contributed by atoms with Crippen molar-refractivity contribution in [3.8, 4) is 0 Å². The fraction of sp³-hybridized carbons (Fsp3) is 0.316. The Labute approximate surface area is 179 Å². The molecule has 0 saturated carbocycles. The highest BCUT2D eigenvalue weighted by Crippen LogP contribution is 2.41. The van der Waals surface area contributed by atoms with Crippen LogP contribution in [0, 0.1) is 5.82 Å².